The minimum Gasteiger partial charge on any atom is -0.479 e. The number of ether oxygens (including phenoxy) is 1. The highest BCUT2D eigenvalue weighted by atomic mass is 35.5. The fraction of sp³-hybridized carbons (Fsp3) is 0.214. The number of aliphatic hydroxyl groups excluding tert-OH is 1. The number of hydrogen-bond donors (Lipinski definition) is 2. The van der Waals surface area contributed by atoms with Gasteiger partial charge in [-0.25, -0.2) is 4.39 Å². The maximum atomic E-state index is 13.3. The molecule has 2 aromatic carbocycles. The van der Waals surface area contributed by atoms with E-state index in [-0.39, 0.29) is 24.1 Å². The highest BCUT2D eigenvalue weighted by molar-refractivity contribution is 5.91. The molecule has 0 bridgehead atoms. The maximum Gasteiger partial charge on any atom is 0.214 e. The van der Waals surface area contributed by atoms with Crippen molar-refractivity contribution in [1.29, 1.82) is 5.41 Å². The minimum absolute atomic E-state index is 0. The normalized spacial score (nSPS) is 11.7. The van der Waals surface area contributed by atoms with Gasteiger partial charge in [0.05, 0.1) is 6.61 Å². The van der Waals surface area contributed by atoms with Crippen molar-refractivity contribution >= 4 is 29.1 Å². The van der Waals surface area contributed by atoms with Gasteiger partial charge in [-0.2, -0.15) is 0 Å². The van der Waals surface area contributed by atoms with Crippen LogP contribution in [0.2, 0.25) is 0 Å². The van der Waals surface area contributed by atoms with Gasteiger partial charge >= 0.3 is 0 Å². The maximum absolute atomic E-state index is 13.3. The Kier molecular flexibility index (Phi) is 5.27. The third-order valence-corrected chi connectivity index (χ3v) is 2.72. The van der Waals surface area contributed by atoms with E-state index < -0.39 is 6.10 Å². The number of benzene rings is 2. The Morgan fingerprint density at radius 3 is 2.79 bits per heavy atom. The molecule has 0 saturated heterocycles. The predicted molar refractivity (Wildman–Crippen MR) is 75.5 cm³/mol. The van der Waals surface area contributed by atoms with E-state index in [1.54, 1.807) is 25.1 Å². The molecular formula is C14H15ClFNO2. The summed E-state index contributed by atoms with van der Waals surface area (Å²) in [5.74, 6) is -0.598. The van der Waals surface area contributed by atoms with Gasteiger partial charge in [-0.15, -0.1) is 12.4 Å². The van der Waals surface area contributed by atoms with Crippen LogP contribution in [0.15, 0.2) is 36.4 Å². The van der Waals surface area contributed by atoms with E-state index in [4.69, 9.17) is 10.1 Å². The van der Waals surface area contributed by atoms with Crippen LogP contribution in [0.25, 0.3) is 10.8 Å². The zero-order valence-corrected chi connectivity index (χ0v) is 11.2. The van der Waals surface area contributed by atoms with Gasteiger partial charge in [0.15, 0.2) is 6.10 Å². The first-order chi connectivity index (χ1) is 8.63. The van der Waals surface area contributed by atoms with E-state index >= 15 is 0 Å². The Bertz CT molecular complexity index is 589. The number of aliphatic hydroxyl groups is 1. The molecule has 0 aromatic heterocycles. The smallest absolute Gasteiger partial charge is 0.214 e. The van der Waals surface area contributed by atoms with Crippen LogP contribution in [0.3, 0.4) is 0 Å². The molecule has 5 heteroatoms. The van der Waals surface area contributed by atoms with E-state index in [0.717, 1.165) is 5.39 Å². The number of rotatable bonds is 3. The quantitative estimate of drug-likeness (QED) is 0.670. The van der Waals surface area contributed by atoms with Crippen molar-refractivity contribution in [1.82, 2.24) is 0 Å². The Morgan fingerprint density at radius 1 is 1.37 bits per heavy atom. The monoisotopic (exact) mass is 283 g/mol. The lowest BCUT2D eigenvalue weighted by Crippen LogP contribution is -2.14. The van der Waals surface area contributed by atoms with E-state index in [1.165, 1.54) is 12.1 Å². The molecule has 1 unspecified atom stereocenters. The van der Waals surface area contributed by atoms with Gasteiger partial charge in [0.2, 0.25) is 5.90 Å². The van der Waals surface area contributed by atoms with Gasteiger partial charge in [0.1, 0.15) is 5.82 Å². The first-order valence-electron chi connectivity index (χ1n) is 5.71. The molecule has 0 amide bonds. The third-order valence-electron chi connectivity index (χ3n) is 2.72. The first kappa shape index (κ1) is 15.4. The number of halogens is 2. The largest absolute Gasteiger partial charge is 0.479 e. The molecule has 2 rings (SSSR count). The predicted octanol–water partition coefficient (Wildman–Crippen LogP) is 3.45. The lowest BCUT2D eigenvalue weighted by molar-refractivity contribution is 0.191. The molecule has 102 valence electrons. The van der Waals surface area contributed by atoms with Crippen LogP contribution in [0.4, 0.5) is 4.39 Å². The second kappa shape index (κ2) is 6.50. The molecule has 0 aliphatic carbocycles. The van der Waals surface area contributed by atoms with Crippen molar-refractivity contribution in [2.24, 2.45) is 0 Å². The average molecular weight is 284 g/mol. The van der Waals surface area contributed by atoms with E-state index in [1.807, 2.05) is 6.07 Å². The molecule has 0 spiro atoms. The van der Waals surface area contributed by atoms with Crippen molar-refractivity contribution in [2.75, 3.05) is 6.61 Å². The van der Waals surface area contributed by atoms with Gasteiger partial charge in [0.25, 0.3) is 0 Å². The molecule has 3 nitrogen and oxygen atoms in total. The van der Waals surface area contributed by atoms with Crippen molar-refractivity contribution < 1.29 is 14.2 Å². The first-order valence-corrected chi connectivity index (χ1v) is 5.71. The SMILES string of the molecule is CCOC(=N)C(O)c1cccc2ccc(F)cc12.Cl. The second-order valence-electron chi connectivity index (χ2n) is 3.91. The van der Waals surface area contributed by atoms with Crippen LogP contribution in [0, 0.1) is 11.2 Å². The molecule has 0 aliphatic rings. The summed E-state index contributed by atoms with van der Waals surface area (Å²) in [6, 6.07) is 9.62. The molecule has 0 radical (unpaired) electrons. The molecule has 19 heavy (non-hydrogen) atoms. The third kappa shape index (κ3) is 3.22. The molecule has 0 aliphatic heterocycles. The summed E-state index contributed by atoms with van der Waals surface area (Å²) in [4.78, 5) is 0. The summed E-state index contributed by atoms with van der Waals surface area (Å²) in [5.41, 5.74) is 0.477. The molecular weight excluding hydrogens is 269 g/mol. The molecule has 2 N–H and O–H groups in total. The van der Waals surface area contributed by atoms with Crippen molar-refractivity contribution in [3.63, 3.8) is 0 Å². The summed E-state index contributed by atoms with van der Waals surface area (Å²) in [6.07, 6.45) is -1.17. The second-order valence-corrected chi connectivity index (χ2v) is 3.91. The van der Waals surface area contributed by atoms with Gasteiger partial charge in [-0.05, 0) is 35.4 Å². The lowest BCUT2D eigenvalue weighted by Gasteiger charge is -2.14. The van der Waals surface area contributed by atoms with E-state index in [0.29, 0.717) is 17.6 Å². The van der Waals surface area contributed by atoms with Gasteiger partial charge in [-0.3, -0.25) is 5.41 Å². The van der Waals surface area contributed by atoms with Crippen LogP contribution < -0.4 is 0 Å². The Morgan fingerprint density at radius 2 is 2.11 bits per heavy atom. The average Bonchev–Trinajstić information content (AvgIpc) is 2.37. The lowest BCUT2D eigenvalue weighted by atomic mass is 10.00. The zero-order chi connectivity index (χ0) is 13.1. The minimum atomic E-state index is -1.17. The number of nitrogens with one attached hydrogen (secondary N) is 1. The Balaban J connectivity index is 0.00000180. The summed E-state index contributed by atoms with van der Waals surface area (Å²) in [7, 11) is 0. The van der Waals surface area contributed by atoms with Crippen LogP contribution in [0.1, 0.15) is 18.6 Å². The Labute approximate surface area is 116 Å². The molecule has 0 heterocycles. The van der Waals surface area contributed by atoms with Gasteiger partial charge < -0.3 is 9.84 Å². The standard InChI is InChI=1S/C14H14FNO2.ClH/c1-2-18-14(16)13(17)11-5-3-4-9-6-7-10(15)8-12(9)11;/h3-8,13,16-17H,2H2,1H3;1H. The molecule has 1 atom stereocenters. The summed E-state index contributed by atoms with van der Waals surface area (Å²) < 4.78 is 18.2. The van der Waals surface area contributed by atoms with Crippen molar-refractivity contribution in [3.8, 4) is 0 Å². The summed E-state index contributed by atoms with van der Waals surface area (Å²) in [6.45, 7) is 2.05. The van der Waals surface area contributed by atoms with Gasteiger partial charge in [0, 0.05) is 0 Å². The van der Waals surface area contributed by atoms with Crippen molar-refractivity contribution in [2.45, 2.75) is 13.0 Å². The van der Waals surface area contributed by atoms with Crippen LogP contribution >= 0.6 is 12.4 Å². The van der Waals surface area contributed by atoms with Crippen LogP contribution in [-0.4, -0.2) is 17.6 Å². The fourth-order valence-corrected chi connectivity index (χ4v) is 1.88. The van der Waals surface area contributed by atoms with E-state index in [9.17, 15) is 9.50 Å². The van der Waals surface area contributed by atoms with Gasteiger partial charge in [-0.1, -0.05) is 24.3 Å². The summed E-state index contributed by atoms with van der Waals surface area (Å²) >= 11 is 0. The Hall–Kier alpha value is -1.65. The fourth-order valence-electron chi connectivity index (χ4n) is 1.88. The molecule has 0 saturated carbocycles. The number of fused-ring (bicyclic) bond motifs is 1. The van der Waals surface area contributed by atoms with Crippen LogP contribution in [-0.2, 0) is 4.74 Å². The van der Waals surface area contributed by atoms with E-state index in [2.05, 4.69) is 0 Å². The number of hydrogen-bond acceptors (Lipinski definition) is 3. The summed E-state index contributed by atoms with van der Waals surface area (Å²) in [5, 5.41) is 19.0. The zero-order valence-electron chi connectivity index (χ0n) is 10.4. The topological polar surface area (TPSA) is 53.3 Å². The van der Waals surface area contributed by atoms with Crippen LogP contribution in [0.5, 0.6) is 0 Å². The van der Waals surface area contributed by atoms with Crippen molar-refractivity contribution in [3.05, 3.63) is 47.8 Å². The molecule has 2 aromatic rings. The highest BCUT2D eigenvalue weighted by Crippen LogP contribution is 2.26. The molecule has 0 fully saturated rings. The highest BCUT2D eigenvalue weighted by Gasteiger charge is 2.17.